The number of benzene rings is 2. The van der Waals surface area contributed by atoms with Gasteiger partial charge >= 0.3 is 0 Å². The molecule has 0 aliphatic rings. The number of hydrogen-bond donors (Lipinski definition) is 1. The van der Waals surface area contributed by atoms with E-state index in [1.165, 1.54) is 11.0 Å². The maximum absolute atomic E-state index is 13.5. The van der Waals surface area contributed by atoms with Crippen molar-refractivity contribution in [3.8, 4) is 0 Å². The number of nitrogens with zero attached hydrogens (tertiary/aromatic N) is 1. The van der Waals surface area contributed by atoms with Crippen LogP contribution in [0.4, 0.5) is 10.1 Å². The molecule has 110 valence electrons. The van der Waals surface area contributed by atoms with Gasteiger partial charge < -0.3 is 10.2 Å². The summed E-state index contributed by atoms with van der Waals surface area (Å²) in [6.45, 7) is 0.446. The molecule has 5 heteroatoms. The Kier molecular flexibility index (Phi) is 4.96. The minimum atomic E-state index is -0.299. The molecule has 21 heavy (non-hydrogen) atoms. The molecule has 2 aromatic carbocycles. The van der Waals surface area contributed by atoms with E-state index >= 15 is 0 Å². The van der Waals surface area contributed by atoms with Crippen LogP contribution in [0.15, 0.2) is 46.9 Å². The smallest absolute Gasteiger partial charge is 0.255 e. The zero-order valence-electron chi connectivity index (χ0n) is 11.9. The first-order valence-corrected chi connectivity index (χ1v) is 7.27. The van der Waals surface area contributed by atoms with Crippen molar-refractivity contribution in [3.63, 3.8) is 0 Å². The van der Waals surface area contributed by atoms with Crippen LogP contribution in [0, 0.1) is 5.82 Å². The second-order valence-corrected chi connectivity index (χ2v) is 5.70. The van der Waals surface area contributed by atoms with Crippen molar-refractivity contribution in [2.45, 2.75) is 6.54 Å². The molecule has 0 saturated heterocycles. The number of rotatable bonds is 4. The molecule has 2 rings (SSSR count). The van der Waals surface area contributed by atoms with E-state index < -0.39 is 0 Å². The fourth-order valence-electron chi connectivity index (χ4n) is 1.91. The highest BCUT2D eigenvalue weighted by Crippen LogP contribution is 2.20. The Morgan fingerprint density at radius 3 is 2.62 bits per heavy atom. The lowest BCUT2D eigenvalue weighted by atomic mass is 10.1. The molecular weight excluding hydrogens is 335 g/mol. The molecular formula is C16H16BrFN2O. The third kappa shape index (κ3) is 3.82. The van der Waals surface area contributed by atoms with Crippen LogP contribution in [-0.2, 0) is 6.54 Å². The highest BCUT2D eigenvalue weighted by Gasteiger charge is 2.12. The summed E-state index contributed by atoms with van der Waals surface area (Å²) < 4.78 is 13.9. The Morgan fingerprint density at radius 2 is 1.95 bits per heavy atom. The van der Waals surface area contributed by atoms with E-state index in [4.69, 9.17) is 0 Å². The summed E-state index contributed by atoms with van der Waals surface area (Å²) in [5, 5.41) is 3.18. The number of anilines is 1. The van der Waals surface area contributed by atoms with E-state index in [2.05, 4.69) is 21.2 Å². The first-order chi connectivity index (χ1) is 9.99. The van der Waals surface area contributed by atoms with Crippen LogP contribution < -0.4 is 5.32 Å². The lowest BCUT2D eigenvalue weighted by Crippen LogP contribution is -2.22. The first kappa shape index (κ1) is 15.5. The largest absolute Gasteiger partial charge is 0.380 e. The standard InChI is InChI=1S/C16H16BrFN2O/c1-20(2)16(21)12-5-3-4-6-15(12)19-10-11-7-8-13(17)14(18)9-11/h3-9,19H,10H2,1-2H3. The van der Waals surface area contributed by atoms with E-state index in [0.717, 1.165) is 11.3 Å². The quantitative estimate of drug-likeness (QED) is 0.906. The predicted octanol–water partition coefficient (Wildman–Crippen LogP) is 3.90. The zero-order valence-corrected chi connectivity index (χ0v) is 13.4. The molecule has 0 fully saturated rings. The normalized spacial score (nSPS) is 10.3. The van der Waals surface area contributed by atoms with E-state index in [1.807, 2.05) is 24.3 Å². The van der Waals surface area contributed by atoms with Gasteiger partial charge in [-0.15, -0.1) is 0 Å². The summed E-state index contributed by atoms with van der Waals surface area (Å²) in [5.74, 6) is -0.368. The molecule has 0 radical (unpaired) electrons. The maximum atomic E-state index is 13.5. The van der Waals surface area contributed by atoms with E-state index in [1.54, 1.807) is 26.2 Å². The second-order valence-electron chi connectivity index (χ2n) is 4.85. The van der Waals surface area contributed by atoms with Crippen molar-refractivity contribution in [1.29, 1.82) is 0 Å². The molecule has 0 aliphatic carbocycles. The van der Waals surface area contributed by atoms with Gasteiger partial charge in [0, 0.05) is 26.3 Å². The van der Waals surface area contributed by atoms with Crippen LogP contribution in [-0.4, -0.2) is 24.9 Å². The van der Waals surface area contributed by atoms with Gasteiger partial charge in [-0.3, -0.25) is 4.79 Å². The van der Waals surface area contributed by atoms with Crippen molar-refractivity contribution in [2.24, 2.45) is 0 Å². The topological polar surface area (TPSA) is 32.3 Å². The van der Waals surface area contributed by atoms with Crippen LogP contribution in [0.1, 0.15) is 15.9 Å². The summed E-state index contributed by atoms with van der Waals surface area (Å²) in [6.07, 6.45) is 0. The van der Waals surface area contributed by atoms with Crippen molar-refractivity contribution in [1.82, 2.24) is 4.90 Å². The highest BCUT2D eigenvalue weighted by molar-refractivity contribution is 9.10. The molecule has 2 aromatic rings. The lowest BCUT2D eigenvalue weighted by molar-refractivity contribution is 0.0828. The molecule has 0 bridgehead atoms. The number of carbonyl (C=O) groups excluding carboxylic acids is 1. The molecule has 0 unspecified atom stereocenters. The maximum Gasteiger partial charge on any atom is 0.255 e. The molecule has 0 heterocycles. The fourth-order valence-corrected chi connectivity index (χ4v) is 2.16. The lowest BCUT2D eigenvalue weighted by Gasteiger charge is -2.15. The minimum absolute atomic E-state index is 0.0694. The van der Waals surface area contributed by atoms with Gasteiger partial charge in [0.05, 0.1) is 10.0 Å². The summed E-state index contributed by atoms with van der Waals surface area (Å²) >= 11 is 3.13. The first-order valence-electron chi connectivity index (χ1n) is 6.47. The third-order valence-electron chi connectivity index (χ3n) is 3.03. The molecule has 0 saturated carbocycles. The van der Waals surface area contributed by atoms with Crippen molar-refractivity contribution in [3.05, 3.63) is 63.9 Å². The van der Waals surface area contributed by atoms with Crippen molar-refractivity contribution < 1.29 is 9.18 Å². The monoisotopic (exact) mass is 350 g/mol. The van der Waals surface area contributed by atoms with Gasteiger partial charge in [-0.05, 0) is 45.8 Å². The van der Waals surface area contributed by atoms with Gasteiger partial charge in [0.1, 0.15) is 5.82 Å². The molecule has 0 aromatic heterocycles. The summed E-state index contributed by atoms with van der Waals surface area (Å²) in [5.41, 5.74) is 2.14. The number of para-hydroxylation sites is 1. The molecule has 0 atom stereocenters. The van der Waals surface area contributed by atoms with Crippen LogP contribution in [0.25, 0.3) is 0 Å². The molecule has 3 nitrogen and oxygen atoms in total. The number of amides is 1. The van der Waals surface area contributed by atoms with Gasteiger partial charge in [-0.25, -0.2) is 4.39 Å². The van der Waals surface area contributed by atoms with Crippen LogP contribution in [0.3, 0.4) is 0 Å². The Hall–Kier alpha value is -1.88. The number of carbonyl (C=O) groups is 1. The van der Waals surface area contributed by atoms with Gasteiger partial charge in [0.25, 0.3) is 5.91 Å². The molecule has 1 N–H and O–H groups in total. The van der Waals surface area contributed by atoms with Crippen LogP contribution in [0.2, 0.25) is 0 Å². The summed E-state index contributed by atoms with van der Waals surface area (Å²) in [4.78, 5) is 13.6. The number of hydrogen-bond acceptors (Lipinski definition) is 2. The van der Waals surface area contributed by atoms with Crippen LogP contribution >= 0.6 is 15.9 Å². The zero-order chi connectivity index (χ0) is 15.4. The van der Waals surface area contributed by atoms with Gasteiger partial charge in [0.2, 0.25) is 0 Å². The summed E-state index contributed by atoms with van der Waals surface area (Å²) in [7, 11) is 3.42. The van der Waals surface area contributed by atoms with Gasteiger partial charge in [-0.2, -0.15) is 0 Å². The molecule has 0 spiro atoms. The second kappa shape index (κ2) is 6.72. The molecule has 1 amide bonds. The third-order valence-corrected chi connectivity index (χ3v) is 3.67. The fraction of sp³-hybridized carbons (Fsp3) is 0.188. The number of halogens is 2. The Bertz CT molecular complexity index is 658. The van der Waals surface area contributed by atoms with E-state index in [0.29, 0.717) is 16.6 Å². The van der Waals surface area contributed by atoms with E-state index in [-0.39, 0.29) is 11.7 Å². The van der Waals surface area contributed by atoms with E-state index in [9.17, 15) is 9.18 Å². The van der Waals surface area contributed by atoms with Crippen LogP contribution in [0.5, 0.6) is 0 Å². The highest BCUT2D eigenvalue weighted by atomic mass is 79.9. The predicted molar refractivity (Wildman–Crippen MR) is 85.9 cm³/mol. The van der Waals surface area contributed by atoms with Crippen molar-refractivity contribution in [2.75, 3.05) is 19.4 Å². The van der Waals surface area contributed by atoms with Gasteiger partial charge in [-0.1, -0.05) is 18.2 Å². The Balaban J connectivity index is 2.16. The van der Waals surface area contributed by atoms with Gasteiger partial charge in [0.15, 0.2) is 0 Å². The average molecular weight is 351 g/mol. The molecule has 0 aliphatic heterocycles. The average Bonchev–Trinajstić information content (AvgIpc) is 2.48. The summed E-state index contributed by atoms with van der Waals surface area (Å²) in [6, 6.07) is 12.3. The Labute approximate surface area is 131 Å². The Morgan fingerprint density at radius 1 is 1.24 bits per heavy atom. The van der Waals surface area contributed by atoms with Crippen molar-refractivity contribution >= 4 is 27.5 Å². The minimum Gasteiger partial charge on any atom is -0.380 e. The number of nitrogens with one attached hydrogen (secondary N) is 1. The SMILES string of the molecule is CN(C)C(=O)c1ccccc1NCc1ccc(Br)c(F)c1.